The quantitative estimate of drug-likeness (QED) is 0.811. The van der Waals surface area contributed by atoms with Crippen molar-refractivity contribution in [2.75, 3.05) is 39.2 Å². The maximum absolute atomic E-state index is 12.4. The van der Waals surface area contributed by atoms with Crippen molar-refractivity contribution in [2.24, 2.45) is 5.92 Å². The number of ether oxygens (including phenoxy) is 1. The molecule has 1 atom stereocenters. The predicted molar refractivity (Wildman–Crippen MR) is 107 cm³/mol. The van der Waals surface area contributed by atoms with E-state index in [2.05, 4.69) is 4.98 Å². The Labute approximate surface area is 161 Å². The molecule has 1 amide bonds. The van der Waals surface area contributed by atoms with E-state index in [0.29, 0.717) is 12.5 Å². The van der Waals surface area contributed by atoms with Gasteiger partial charge in [0.1, 0.15) is 5.75 Å². The van der Waals surface area contributed by atoms with Crippen LogP contribution >= 0.6 is 0 Å². The van der Waals surface area contributed by atoms with Gasteiger partial charge in [-0.1, -0.05) is 26.0 Å². The third-order valence-corrected chi connectivity index (χ3v) is 4.97. The summed E-state index contributed by atoms with van der Waals surface area (Å²) in [4.78, 5) is 25.7. The predicted octanol–water partition coefficient (Wildman–Crippen LogP) is 3.19. The van der Waals surface area contributed by atoms with E-state index in [1.165, 1.54) is 0 Å². The lowest BCUT2D eigenvalue weighted by Crippen LogP contribution is -2.32. The van der Waals surface area contributed by atoms with E-state index < -0.39 is 0 Å². The Morgan fingerprint density at radius 2 is 2.11 bits per heavy atom. The largest absolute Gasteiger partial charge is 0.497 e. The van der Waals surface area contributed by atoms with Gasteiger partial charge in [0, 0.05) is 50.8 Å². The molecule has 0 spiro atoms. The summed E-state index contributed by atoms with van der Waals surface area (Å²) in [5.74, 6) is 1.92. The average molecular weight is 368 g/mol. The molecule has 0 N–H and O–H groups in total. The van der Waals surface area contributed by atoms with Crippen molar-refractivity contribution >= 4 is 11.9 Å². The summed E-state index contributed by atoms with van der Waals surface area (Å²) in [6.45, 7) is 5.39. The van der Waals surface area contributed by atoms with Crippen LogP contribution in [0.25, 0.3) is 11.1 Å². The Balaban J connectivity index is 1.99. The van der Waals surface area contributed by atoms with E-state index in [0.717, 1.165) is 35.5 Å². The number of carbonyl (C=O) groups is 1. The first-order valence-electron chi connectivity index (χ1n) is 9.38. The molecule has 3 rings (SSSR count). The number of carbonyl (C=O) groups excluding carboxylic acids is 1. The molecular weight excluding hydrogens is 340 g/mol. The van der Waals surface area contributed by atoms with Crippen molar-refractivity contribution in [3.05, 3.63) is 36.2 Å². The van der Waals surface area contributed by atoms with Crippen LogP contribution in [0.4, 0.5) is 5.95 Å². The second kappa shape index (κ2) is 7.94. The SMILES string of the molecule is COc1cccc(-c2cnc(N(C)C)nc2[C@H]2CCN(C(=O)C(C)C)C2)c1. The van der Waals surface area contributed by atoms with Crippen LogP contribution in [0.1, 0.15) is 31.9 Å². The van der Waals surface area contributed by atoms with Gasteiger partial charge < -0.3 is 14.5 Å². The van der Waals surface area contributed by atoms with Crippen LogP contribution in [0.5, 0.6) is 5.75 Å². The van der Waals surface area contributed by atoms with E-state index >= 15 is 0 Å². The van der Waals surface area contributed by atoms with Gasteiger partial charge in [-0.25, -0.2) is 9.97 Å². The zero-order valence-electron chi connectivity index (χ0n) is 16.8. The summed E-state index contributed by atoms with van der Waals surface area (Å²) >= 11 is 0. The van der Waals surface area contributed by atoms with Crippen LogP contribution in [-0.2, 0) is 4.79 Å². The molecule has 144 valence electrons. The molecular formula is C21H28N4O2. The smallest absolute Gasteiger partial charge is 0.225 e. The molecule has 0 aliphatic carbocycles. The third kappa shape index (κ3) is 4.04. The molecule has 1 aliphatic heterocycles. The Hall–Kier alpha value is -2.63. The maximum Gasteiger partial charge on any atom is 0.225 e. The van der Waals surface area contributed by atoms with E-state index in [4.69, 9.17) is 9.72 Å². The summed E-state index contributed by atoms with van der Waals surface area (Å²) in [7, 11) is 5.54. The first-order chi connectivity index (χ1) is 12.9. The van der Waals surface area contributed by atoms with Crippen LogP contribution < -0.4 is 9.64 Å². The average Bonchev–Trinajstić information content (AvgIpc) is 3.16. The van der Waals surface area contributed by atoms with Gasteiger partial charge in [0.15, 0.2) is 0 Å². The van der Waals surface area contributed by atoms with Gasteiger partial charge >= 0.3 is 0 Å². The molecule has 2 heterocycles. The van der Waals surface area contributed by atoms with Crippen molar-refractivity contribution in [2.45, 2.75) is 26.2 Å². The molecule has 0 unspecified atom stereocenters. The molecule has 1 saturated heterocycles. The summed E-state index contributed by atoms with van der Waals surface area (Å²) in [5, 5.41) is 0. The second-order valence-electron chi connectivity index (χ2n) is 7.52. The number of methoxy groups -OCH3 is 1. The highest BCUT2D eigenvalue weighted by Gasteiger charge is 2.31. The fraction of sp³-hybridized carbons (Fsp3) is 0.476. The van der Waals surface area contributed by atoms with Gasteiger partial charge in [0.25, 0.3) is 0 Å². The summed E-state index contributed by atoms with van der Waals surface area (Å²) in [6.07, 6.45) is 2.80. The van der Waals surface area contributed by atoms with E-state index in [-0.39, 0.29) is 17.7 Å². The van der Waals surface area contributed by atoms with Crippen molar-refractivity contribution < 1.29 is 9.53 Å². The number of hydrogen-bond donors (Lipinski definition) is 0. The summed E-state index contributed by atoms with van der Waals surface area (Å²) in [5.41, 5.74) is 3.03. The zero-order valence-corrected chi connectivity index (χ0v) is 16.8. The molecule has 0 radical (unpaired) electrons. The number of anilines is 1. The molecule has 27 heavy (non-hydrogen) atoms. The fourth-order valence-corrected chi connectivity index (χ4v) is 3.47. The van der Waals surface area contributed by atoms with Crippen molar-refractivity contribution in [1.82, 2.24) is 14.9 Å². The maximum atomic E-state index is 12.4. The van der Waals surface area contributed by atoms with Gasteiger partial charge in [-0.3, -0.25) is 4.79 Å². The van der Waals surface area contributed by atoms with E-state index in [1.807, 2.05) is 68.2 Å². The highest BCUT2D eigenvalue weighted by molar-refractivity contribution is 5.78. The van der Waals surface area contributed by atoms with Gasteiger partial charge in [0.05, 0.1) is 12.8 Å². The Morgan fingerprint density at radius 1 is 1.33 bits per heavy atom. The minimum absolute atomic E-state index is 0.0179. The lowest BCUT2D eigenvalue weighted by molar-refractivity contribution is -0.133. The van der Waals surface area contributed by atoms with Crippen LogP contribution in [-0.4, -0.2) is 55.1 Å². The zero-order chi connectivity index (χ0) is 19.6. The molecule has 1 fully saturated rings. The first kappa shape index (κ1) is 19.1. The number of amides is 1. The third-order valence-electron chi connectivity index (χ3n) is 4.97. The van der Waals surface area contributed by atoms with Crippen molar-refractivity contribution in [1.29, 1.82) is 0 Å². The Morgan fingerprint density at radius 3 is 2.78 bits per heavy atom. The van der Waals surface area contributed by atoms with Crippen LogP contribution in [0, 0.1) is 5.92 Å². The highest BCUT2D eigenvalue weighted by Crippen LogP contribution is 2.35. The van der Waals surface area contributed by atoms with Gasteiger partial charge in [0.2, 0.25) is 11.9 Å². The topological polar surface area (TPSA) is 58.6 Å². The number of aromatic nitrogens is 2. The second-order valence-corrected chi connectivity index (χ2v) is 7.52. The number of hydrogen-bond acceptors (Lipinski definition) is 5. The van der Waals surface area contributed by atoms with E-state index in [1.54, 1.807) is 7.11 Å². The Kier molecular flexibility index (Phi) is 5.63. The number of benzene rings is 1. The lowest BCUT2D eigenvalue weighted by atomic mass is 9.95. The van der Waals surface area contributed by atoms with Crippen LogP contribution in [0.3, 0.4) is 0 Å². The highest BCUT2D eigenvalue weighted by atomic mass is 16.5. The molecule has 0 saturated carbocycles. The molecule has 6 heteroatoms. The lowest BCUT2D eigenvalue weighted by Gasteiger charge is -2.21. The molecule has 6 nitrogen and oxygen atoms in total. The number of nitrogens with zero attached hydrogens (tertiary/aromatic N) is 4. The summed E-state index contributed by atoms with van der Waals surface area (Å²) < 4.78 is 5.38. The van der Waals surface area contributed by atoms with E-state index in [9.17, 15) is 4.79 Å². The first-order valence-corrected chi connectivity index (χ1v) is 9.38. The van der Waals surface area contributed by atoms with Crippen LogP contribution in [0.15, 0.2) is 30.5 Å². The molecule has 2 aromatic rings. The van der Waals surface area contributed by atoms with Gasteiger partial charge in [-0.15, -0.1) is 0 Å². The van der Waals surface area contributed by atoms with Crippen molar-refractivity contribution in [3.8, 4) is 16.9 Å². The standard InChI is InChI=1S/C21H28N4O2/c1-14(2)20(26)25-10-9-16(13-25)19-18(12-22-21(23-19)24(3)4)15-7-6-8-17(11-15)27-5/h6-8,11-12,14,16H,9-10,13H2,1-5H3/t16-/m0/s1. The summed E-state index contributed by atoms with van der Waals surface area (Å²) in [6, 6.07) is 7.95. The van der Waals surface area contributed by atoms with Gasteiger partial charge in [-0.2, -0.15) is 0 Å². The monoisotopic (exact) mass is 368 g/mol. The normalized spacial score (nSPS) is 16.7. The number of rotatable bonds is 5. The number of likely N-dealkylation sites (tertiary alicyclic amines) is 1. The molecule has 0 bridgehead atoms. The minimum atomic E-state index is 0.0179. The van der Waals surface area contributed by atoms with Gasteiger partial charge in [-0.05, 0) is 24.1 Å². The van der Waals surface area contributed by atoms with Crippen molar-refractivity contribution in [3.63, 3.8) is 0 Å². The molecule has 1 aliphatic rings. The fourth-order valence-electron chi connectivity index (χ4n) is 3.47. The molecule has 1 aromatic heterocycles. The van der Waals surface area contributed by atoms with Crippen LogP contribution in [0.2, 0.25) is 0 Å². The molecule has 1 aromatic carbocycles. The Bertz CT molecular complexity index is 820. The minimum Gasteiger partial charge on any atom is -0.497 e.